The smallest absolute Gasteiger partial charge is 0.266 e. The van der Waals surface area contributed by atoms with E-state index in [1.807, 2.05) is 43.3 Å². The van der Waals surface area contributed by atoms with Crippen molar-refractivity contribution >= 4 is 29.3 Å². The molecule has 8 heteroatoms. The first-order valence-electron chi connectivity index (χ1n) is 12.5. The number of amides is 1. The number of anilines is 1. The van der Waals surface area contributed by atoms with Gasteiger partial charge in [0.2, 0.25) is 0 Å². The zero-order chi connectivity index (χ0) is 28.3. The number of carbonyl (C=O) groups excluding carboxylic acids is 1. The van der Waals surface area contributed by atoms with Gasteiger partial charge in [-0.1, -0.05) is 54.1 Å². The second-order valence-electron chi connectivity index (χ2n) is 8.60. The summed E-state index contributed by atoms with van der Waals surface area (Å²) >= 11 is 6.49. The summed E-state index contributed by atoms with van der Waals surface area (Å²) in [6.07, 6.45) is 1.42. The molecule has 0 aliphatic heterocycles. The molecule has 0 aliphatic rings. The number of nitrogens with zero attached hydrogens (tertiary/aromatic N) is 1. The molecule has 1 amide bonds. The Morgan fingerprint density at radius 2 is 1.60 bits per heavy atom. The topological polar surface area (TPSA) is 80.6 Å². The van der Waals surface area contributed by atoms with E-state index in [0.29, 0.717) is 41.7 Å². The van der Waals surface area contributed by atoms with Gasteiger partial charge in [-0.05, 0) is 78.2 Å². The van der Waals surface area contributed by atoms with E-state index < -0.39 is 5.91 Å². The third-order valence-electron chi connectivity index (χ3n) is 5.66. The number of hydrogen-bond donors (Lipinski definition) is 1. The minimum absolute atomic E-state index is 0.122. The Hall–Kier alpha value is -4.80. The van der Waals surface area contributed by atoms with Crippen molar-refractivity contribution in [3.05, 3.63) is 124 Å². The fourth-order valence-electron chi connectivity index (χ4n) is 3.70. The summed E-state index contributed by atoms with van der Waals surface area (Å²) in [4.78, 5) is 12.8. The Bertz CT molecular complexity index is 1520. The van der Waals surface area contributed by atoms with E-state index >= 15 is 0 Å². The molecular formula is C32H26ClFN2O4. The summed E-state index contributed by atoms with van der Waals surface area (Å²) in [6.45, 7) is 2.73. The lowest BCUT2D eigenvalue weighted by molar-refractivity contribution is -0.112. The van der Waals surface area contributed by atoms with Crippen LogP contribution >= 0.6 is 11.6 Å². The van der Waals surface area contributed by atoms with E-state index in [-0.39, 0.29) is 23.0 Å². The fraction of sp³-hybridized carbons (Fsp3) is 0.125. The minimum Gasteiger partial charge on any atom is -0.490 e. The highest BCUT2D eigenvalue weighted by Gasteiger charge is 2.15. The molecule has 0 fully saturated rings. The first kappa shape index (κ1) is 28.2. The standard InChI is InChI=1S/C32H26ClFN2O4/c1-2-38-30-18-24(17-29(33)31(30)40-21-23-8-10-26(34)11-9-23)16-25(19-35)32(37)36-27-12-14-28(15-13-27)39-20-22-6-4-3-5-7-22/h3-18H,2,20-21H2,1H3,(H,36,37)/b25-16+. The number of hydrogen-bond acceptors (Lipinski definition) is 5. The highest BCUT2D eigenvalue weighted by molar-refractivity contribution is 6.32. The van der Waals surface area contributed by atoms with Gasteiger partial charge >= 0.3 is 0 Å². The van der Waals surface area contributed by atoms with Crippen LogP contribution in [-0.2, 0) is 18.0 Å². The first-order chi connectivity index (χ1) is 19.4. The van der Waals surface area contributed by atoms with E-state index in [9.17, 15) is 14.4 Å². The zero-order valence-electron chi connectivity index (χ0n) is 21.7. The fourth-order valence-corrected chi connectivity index (χ4v) is 3.97. The highest BCUT2D eigenvalue weighted by atomic mass is 35.5. The van der Waals surface area contributed by atoms with Crippen LogP contribution < -0.4 is 19.5 Å². The predicted molar refractivity (Wildman–Crippen MR) is 153 cm³/mol. The van der Waals surface area contributed by atoms with E-state index in [1.165, 1.54) is 18.2 Å². The lowest BCUT2D eigenvalue weighted by atomic mass is 10.1. The second kappa shape index (κ2) is 13.8. The van der Waals surface area contributed by atoms with Gasteiger partial charge < -0.3 is 19.5 Å². The molecule has 0 aromatic heterocycles. The highest BCUT2D eigenvalue weighted by Crippen LogP contribution is 2.38. The number of rotatable bonds is 11. The summed E-state index contributed by atoms with van der Waals surface area (Å²) in [5, 5.41) is 12.6. The molecule has 40 heavy (non-hydrogen) atoms. The average molecular weight is 557 g/mol. The first-order valence-corrected chi connectivity index (χ1v) is 12.9. The number of carbonyl (C=O) groups is 1. The van der Waals surface area contributed by atoms with Gasteiger partial charge in [0.1, 0.15) is 36.4 Å². The lowest BCUT2D eigenvalue weighted by Gasteiger charge is -2.15. The minimum atomic E-state index is -0.578. The Labute approximate surface area is 237 Å². The Morgan fingerprint density at radius 1 is 0.925 bits per heavy atom. The second-order valence-corrected chi connectivity index (χ2v) is 9.01. The van der Waals surface area contributed by atoms with Crippen molar-refractivity contribution in [2.24, 2.45) is 0 Å². The van der Waals surface area contributed by atoms with Crippen molar-refractivity contribution in [3.63, 3.8) is 0 Å². The number of nitrogens with one attached hydrogen (secondary N) is 1. The maximum atomic E-state index is 13.2. The predicted octanol–water partition coefficient (Wildman–Crippen LogP) is 7.58. The molecule has 0 heterocycles. The summed E-state index contributed by atoms with van der Waals surface area (Å²) in [5.74, 6) is 0.397. The molecule has 1 N–H and O–H groups in total. The number of halogens is 2. The van der Waals surface area contributed by atoms with E-state index in [0.717, 1.165) is 11.1 Å². The Morgan fingerprint density at radius 3 is 2.27 bits per heavy atom. The molecule has 0 bridgehead atoms. The molecule has 0 atom stereocenters. The largest absolute Gasteiger partial charge is 0.490 e. The molecule has 4 aromatic rings. The van der Waals surface area contributed by atoms with Gasteiger partial charge in [-0.3, -0.25) is 4.79 Å². The molecule has 4 aromatic carbocycles. The lowest BCUT2D eigenvalue weighted by Crippen LogP contribution is -2.13. The van der Waals surface area contributed by atoms with Gasteiger partial charge in [-0.2, -0.15) is 5.26 Å². The number of benzene rings is 4. The summed E-state index contributed by atoms with van der Waals surface area (Å²) in [7, 11) is 0. The van der Waals surface area contributed by atoms with Crippen LogP contribution in [0.3, 0.4) is 0 Å². The van der Waals surface area contributed by atoms with E-state index in [1.54, 1.807) is 48.5 Å². The zero-order valence-corrected chi connectivity index (χ0v) is 22.5. The Kier molecular flexibility index (Phi) is 9.76. The van der Waals surface area contributed by atoms with Crippen LogP contribution in [-0.4, -0.2) is 12.5 Å². The van der Waals surface area contributed by atoms with Crippen LogP contribution in [0.1, 0.15) is 23.6 Å². The van der Waals surface area contributed by atoms with Crippen LogP contribution in [0.5, 0.6) is 17.2 Å². The molecule has 0 saturated heterocycles. The van der Waals surface area contributed by atoms with Gasteiger partial charge in [0.05, 0.1) is 11.6 Å². The molecule has 0 radical (unpaired) electrons. The van der Waals surface area contributed by atoms with Crippen molar-refractivity contribution in [1.29, 1.82) is 5.26 Å². The molecule has 0 unspecified atom stereocenters. The van der Waals surface area contributed by atoms with Crippen LogP contribution in [0.25, 0.3) is 6.08 Å². The van der Waals surface area contributed by atoms with E-state index in [2.05, 4.69) is 5.32 Å². The van der Waals surface area contributed by atoms with Gasteiger partial charge in [-0.15, -0.1) is 0 Å². The van der Waals surface area contributed by atoms with Gasteiger partial charge in [0, 0.05) is 5.69 Å². The summed E-state index contributed by atoms with van der Waals surface area (Å²) in [6, 6.07) is 27.7. The SMILES string of the molecule is CCOc1cc(/C=C(\C#N)C(=O)Nc2ccc(OCc3ccccc3)cc2)cc(Cl)c1OCc1ccc(F)cc1. The maximum Gasteiger partial charge on any atom is 0.266 e. The normalized spacial score (nSPS) is 10.9. The van der Waals surface area contributed by atoms with E-state index in [4.69, 9.17) is 25.8 Å². The molecule has 0 aliphatic carbocycles. The van der Waals surface area contributed by atoms with Crippen molar-refractivity contribution in [2.75, 3.05) is 11.9 Å². The van der Waals surface area contributed by atoms with Crippen LogP contribution in [0, 0.1) is 17.1 Å². The molecule has 0 spiro atoms. The molecule has 202 valence electrons. The molecule has 4 rings (SSSR count). The van der Waals surface area contributed by atoms with Crippen molar-refractivity contribution in [1.82, 2.24) is 0 Å². The quantitative estimate of drug-likeness (QED) is 0.152. The average Bonchev–Trinajstić information content (AvgIpc) is 2.96. The molecular weight excluding hydrogens is 531 g/mol. The third kappa shape index (κ3) is 7.85. The van der Waals surface area contributed by atoms with Crippen LogP contribution in [0.2, 0.25) is 5.02 Å². The molecule has 6 nitrogen and oxygen atoms in total. The van der Waals surface area contributed by atoms with Gasteiger partial charge in [0.25, 0.3) is 5.91 Å². The summed E-state index contributed by atoms with van der Waals surface area (Å²) < 4.78 is 30.5. The number of ether oxygens (including phenoxy) is 3. The van der Waals surface area contributed by atoms with Crippen molar-refractivity contribution < 1.29 is 23.4 Å². The van der Waals surface area contributed by atoms with Gasteiger partial charge in [-0.25, -0.2) is 4.39 Å². The van der Waals surface area contributed by atoms with Crippen molar-refractivity contribution in [2.45, 2.75) is 20.1 Å². The monoisotopic (exact) mass is 556 g/mol. The van der Waals surface area contributed by atoms with Crippen LogP contribution in [0.15, 0.2) is 96.6 Å². The third-order valence-corrected chi connectivity index (χ3v) is 5.95. The summed E-state index contributed by atoms with van der Waals surface area (Å²) in [5.41, 5.74) is 2.67. The van der Waals surface area contributed by atoms with Crippen LogP contribution in [0.4, 0.5) is 10.1 Å². The van der Waals surface area contributed by atoms with Crippen molar-refractivity contribution in [3.8, 4) is 23.3 Å². The maximum absolute atomic E-state index is 13.2. The Balaban J connectivity index is 1.44. The number of nitriles is 1. The van der Waals surface area contributed by atoms with Gasteiger partial charge in [0.15, 0.2) is 11.5 Å². The molecule has 0 saturated carbocycles.